The lowest BCUT2D eigenvalue weighted by molar-refractivity contribution is 0.223. The van der Waals surface area contributed by atoms with Crippen molar-refractivity contribution in [3.05, 3.63) is 0 Å². The number of hydrogen-bond acceptors (Lipinski definition) is 3. The third-order valence-electron chi connectivity index (χ3n) is 1.32. The van der Waals surface area contributed by atoms with Gasteiger partial charge in [-0.25, -0.2) is 10.4 Å². The van der Waals surface area contributed by atoms with Gasteiger partial charge in [0, 0.05) is 6.54 Å². The predicted molar refractivity (Wildman–Crippen MR) is 69.4 cm³/mol. The Labute approximate surface area is 96.6 Å². The highest BCUT2D eigenvalue weighted by Gasteiger charge is 2.09. The summed E-state index contributed by atoms with van der Waals surface area (Å²) in [6.07, 6.45) is 0. The highest BCUT2D eigenvalue weighted by molar-refractivity contribution is 4.58. The maximum Gasteiger partial charge on any atom is 0.0631 e. The number of nitrogens with zero attached hydrogens (tertiary/aromatic N) is 1. The molecule has 1 fully saturated rings. The van der Waals surface area contributed by atoms with Crippen LogP contribution in [0.2, 0.25) is 0 Å². The van der Waals surface area contributed by atoms with Crippen LogP contribution in [0.25, 0.3) is 0 Å². The van der Waals surface area contributed by atoms with E-state index in [1.807, 2.05) is 13.8 Å². The number of nitrogens with one attached hydrogen (secondary N) is 2. The molecule has 1 rings (SSSR count). The van der Waals surface area contributed by atoms with E-state index in [1.54, 1.807) is 0 Å². The zero-order valence-electron chi connectivity index (χ0n) is 11.7. The molecule has 2 N–H and O–H groups in total. The molecule has 1 aliphatic heterocycles. The van der Waals surface area contributed by atoms with Crippen LogP contribution in [-0.2, 0) is 0 Å². The first kappa shape index (κ1) is 17.3. The molecule has 0 radical (unpaired) electrons. The Bertz CT molecular complexity index is 105. The summed E-state index contributed by atoms with van der Waals surface area (Å²) < 4.78 is 0. The molecule has 0 saturated carbocycles. The van der Waals surface area contributed by atoms with Gasteiger partial charge in [-0.2, -0.15) is 0 Å². The van der Waals surface area contributed by atoms with Gasteiger partial charge in [-0.05, 0) is 11.8 Å². The van der Waals surface area contributed by atoms with Crippen LogP contribution in [0.1, 0.15) is 48.5 Å². The van der Waals surface area contributed by atoms with Crippen LogP contribution in [0.3, 0.4) is 0 Å². The minimum absolute atomic E-state index is 0.748. The maximum absolute atomic E-state index is 3.21. The summed E-state index contributed by atoms with van der Waals surface area (Å²) in [6, 6.07) is 0. The van der Waals surface area contributed by atoms with Gasteiger partial charge in [0.25, 0.3) is 0 Å². The minimum atomic E-state index is 0.748. The van der Waals surface area contributed by atoms with Crippen LogP contribution in [-0.4, -0.2) is 24.9 Å². The van der Waals surface area contributed by atoms with E-state index in [9.17, 15) is 0 Å². The van der Waals surface area contributed by atoms with Crippen molar-refractivity contribution in [3.63, 3.8) is 0 Å². The fourth-order valence-corrected chi connectivity index (χ4v) is 0.984. The fraction of sp³-hybridized carbons (Fsp3) is 1.00. The Balaban J connectivity index is 0. The molecule has 0 unspecified atom stereocenters. The molecule has 0 atom stereocenters. The van der Waals surface area contributed by atoms with Gasteiger partial charge < -0.3 is 0 Å². The molecule has 1 aliphatic rings. The van der Waals surface area contributed by atoms with E-state index in [-0.39, 0.29) is 0 Å². The molecule has 0 bridgehead atoms. The normalized spacial score (nSPS) is 15.8. The van der Waals surface area contributed by atoms with Crippen molar-refractivity contribution in [3.8, 4) is 0 Å². The summed E-state index contributed by atoms with van der Waals surface area (Å²) >= 11 is 0. The Morgan fingerprint density at radius 3 is 1.80 bits per heavy atom. The molecule has 3 nitrogen and oxygen atoms in total. The van der Waals surface area contributed by atoms with Crippen molar-refractivity contribution in [2.75, 3.05) is 19.9 Å². The Hall–Kier alpha value is -0.120. The Morgan fingerprint density at radius 2 is 1.53 bits per heavy atom. The van der Waals surface area contributed by atoms with Crippen molar-refractivity contribution in [2.45, 2.75) is 48.5 Å². The molecule has 0 aliphatic carbocycles. The van der Waals surface area contributed by atoms with E-state index in [1.165, 1.54) is 0 Å². The SMILES string of the molecule is CC.CC(C)C.CC(C)CN1CNCN1. The van der Waals surface area contributed by atoms with Crippen LogP contribution in [0.15, 0.2) is 0 Å². The fourth-order valence-electron chi connectivity index (χ4n) is 0.984. The Kier molecular flexibility index (Phi) is 13.8. The maximum atomic E-state index is 3.21. The van der Waals surface area contributed by atoms with Crippen LogP contribution in [0, 0.1) is 11.8 Å². The van der Waals surface area contributed by atoms with Crippen LogP contribution < -0.4 is 10.7 Å². The van der Waals surface area contributed by atoms with Crippen molar-refractivity contribution in [2.24, 2.45) is 11.8 Å². The number of rotatable bonds is 2. The zero-order chi connectivity index (χ0) is 12.3. The average Bonchev–Trinajstić information content (AvgIpc) is 2.58. The van der Waals surface area contributed by atoms with Crippen molar-refractivity contribution in [1.29, 1.82) is 0 Å². The molecule has 0 amide bonds. The lowest BCUT2D eigenvalue weighted by Crippen LogP contribution is -2.33. The van der Waals surface area contributed by atoms with Gasteiger partial charge in [-0.15, -0.1) is 0 Å². The largest absolute Gasteiger partial charge is 0.290 e. The quantitative estimate of drug-likeness (QED) is 0.744. The van der Waals surface area contributed by atoms with E-state index in [2.05, 4.69) is 50.4 Å². The standard InChI is InChI=1S/C6H15N3.C4H10.C2H6/c1-6(2)3-9-5-7-4-8-9;1-4(2)3;1-2/h6-8H,3-5H2,1-2H3;4H,1-3H3;1-2H3. The van der Waals surface area contributed by atoms with Crippen LogP contribution in [0.4, 0.5) is 0 Å². The first-order valence-corrected chi connectivity index (χ1v) is 6.21. The first-order chi connectivity index (χ1) is 7.02. The topological polar surface area (TPSA) is 27.3 Å². The van der Waals surface area contributed by atoms with Crippen LogP contribution in [0.5, 0.6) is 0 Å². The molecular weight excluding hydrogens is 186 g/mol. The van der Waals surface area contributed by atoms with Crippen LogP contribution >= 0.6 is 0 Å². The van der Waals surface area contributed by atoms with Gasteiger partial charge in [0.2, 0.25) is 0 Å². The van der Waals surface area contributed by atoms with E-state index < -0.39 is 0 Å². The highest BCUT2D eigenvalue weighted by Crippen LogP contribution is 1.95. The van der Waals surface area contributed by atoms with Crippen molar-refractivity contribution < 1.29 is 0 Å². The summed E-state index contributed by atoms with van der Waals surface area (Å²) in [6.45, 7) is 18.0. The second kappa shape index (κ2) is 12.0. The molecule has 3 heteroatoms. The smallest absolute Gasteiger partial charge is 0.0631 e. The molecule has 1 saturated heterocycles. The van der Waals surface area contributed by atoms with Gasteiger partial charge in [0.05, 0.1) is 13.3 Å². The summed E-state index contributed by atoms with van der Waals surface area (Å²) in [7, 11) is 0. The van der Waals surface area contributed by atoms with Gasteiger partial charge in [0.15, 0.2) is 0 Å². The van der Waals surface area contributed by atoms with Gasteiger partial charge >= 0.3 is 0 Å². The summed E-state index contributed by atoms with van der Waals surface area (Å²) in [5.41, 5.74) is 3.21. The molecule has 0 aromatic carbocycles. The highest BCUT2D eigenvalue weighted by atomic mass is 15.6. The van der Waals surface area contributed by atoms with Crippen molar-refractivity contribution in [1.82, 2.24) is 15.8 Å². The second-order valence-corrected chi connectivity index (χ2v) is 4.59. The summed E-state index contributed by atoms with van der Waals surface area (Å²) in [5.74, 6) is 1.58. The molecular formula is C12H31N3. The lowest BCUT2D eigenvalue weighted by atomic mass is 10.2. The van der Waals surface area contributed by atoms with Gasteiger partial charge in [-0.3, -0.25) is 5.32 Å². The third-order valence-corrected chi connectivity index (χ3v) is 1.32. The number of hydrazine groups is 1. The predicted octanol–water partition coefficient (Wildman–Crippen LogP) is 2.66. The number of hydrogen-bond donors (Lipinski definition) is 2. The summed E-state index contributed by atoms with van der Waals surface area (Å²) in [4.78, 5) is 0. The lowest BCUT2D eigenvalue weighted by Gasteiger charge is -2.15. The zero-order valence-corrected chi connectivity index (χ0v) is 11.7. The van der Waals surface area contributed by atoms with Crippen molar-refractivity contribution >= 4 is 0 Å². The van der Waals surface area contributed by atoms with E-state index >= 15 is 0 Å². The Morgan fingerprint density at radius 1 is 1.07 bits per heavy atom. The molecule has 0 spiro atoms. The van der Waals surface area contributed by atoms with Gasteiger partial charge in [0.1, 0.15) is 0 Å². The van der Waals surface area contributed by atoms with Gasteiger partial charge in [-0.1, -0.05) is 48.5 Å². The third kappa shape index (κ3) is 16.5. The molecule has 0 aromatic rings. The monoisotopic (exact) mass is 217 g/mol. The average molecular weight is 217 g/mol. The molecule has 1 heterocycles. The molecule has 15 heavy (non-hydrogen) atoms. The summed E-state index contributed by atoms with van der Waals surface area (Å²) in [5, 5.41) is 5.39. The van der Waals surface area contributed by atoms with E-state index in [0.717, 1.165) is 31.7 Å². The van der Waals surface area contributed by atoms with E-state index in [0.29, 0.717) is 0 Å². The van der Waals surface area contributed by atoms with E-state index in [4.69, 9.17) is 0 Å². The molecule has 94 valence electrons. The minimum Gasteiger partial charge on any atom is -0.290 e. The first-order valence-electron chi connectivity index (χ1n) is 6.21. The molecule has 0 aromatic heterocycles. The second-order valence-electron chi connectivity index (χ2n) is 4.59.